The van der Waals surface area contributed by atoms with Gasteiger partial charge in [0.25, 0.3) is 0 Å². The van der Waals surface area contributed by atoms with Crippen LogP contribution in [0, 0.1) is 0 Å². The highest BCUT2D eigenvalue weighted by Crippen LogP contribution is 2.32. The number of nitrogens with zero attached hydrogens (tertiary/aromatic N) is 3. The van der Waals surface area contributed by atoms with Crippen molar-refractivity contribution in [3.05, 3.63) is 41.5 Å². The van der Waals surface area contributed by atoms with E-state index >= 15 is 0 Å². The summed E-state index contributed by atoms with van der Waals surface area (Å²) in [6, 6.07) is 11.2. The van der Waals surface area contributed by atoms with E-state index in [9.17, 15) is 0 Å². The second-order valence-electron chi connectivity index (χ2n) is 7.11. The smallest absolute Gasteiger partial charge is 0.240 e. The van der Waals surface area contributed by atoms with Gasteiger partial charge >= 0.3 is 0 Å². The van der Waals surface area contributed by atoms with E-state index in [1.807, 2.05) is 10.6 Å². The van der Waals surface area contributed by atoms with Gasteiger partial charge in [0.15, 0.2) is 5.65 Å². The van der Waals surface area contributed by atoms with Crippen molar-refractivity contribution in [3.8, 4) is 11.1 Å². The van der Waals surface area contributed by atoms with Crippen LogP contribution in [0.4, 0.5) is 11.8 Å². The molecule has 3 aromatic rings. The molecule has 5 N–H and O–H groups in total. The van der Waals surface area contributed by atoms with Crippen molar-refractivity contribution in [1.82, 2.24) is 25.2 Å². The molecule has 0 bridgehead atoms. The highest BCUT2D eigenvalue weighted by Gasteiger charge is 2.19. The lowest BCUT2D eigenvalue weighted by Crippen LogP contribution is -2.39. The maximum atomic E-state index is 5.86. The molecule has 0 aliphatic carbocycles. The largest absolute Gasteiger partial charge is 0.366 e. The number of anilines is 2. The third kappa shape index (κ3) is 2.69. The highest BCUT2D eigenvalue weighted by molar-refractivity contribution is 5.78. The lowest BCUT2D eigenvalue weighted by atomic mass is 10.00. The van der Waals surface area contributed by atoms with Crippen LogP contribution in [0.25, 0.3) is 16.8 Å². The molecule has 7 heteroatoms. The Kier molecular flexibility index (Phi) is 3.76. The fourth-order valence-corrected chi connectivity index (χ4v) is 3.97. The Balaban J connectivity index is 1.62. The zero-order chi connectivity index (χ0) is 17.5. The van der Waals surface area contributed by atoms with Crippen LogP contribution in [-0.2, 0) is 13.1 Å². The first kappa shape index (κ1) is 15.6. The number of nitrogens with one attached hydrogen (secondary N) is 3. The molecule has 2 aromatic heterocycles. The minimum absolute atomic E-state index is 0.296. The summed E-state index contributed by atoms with van der Waals surface area (Å²) in [4.78, 5) is 4.32. The standard InChI is InChI=1S/C19H23N7/c20-19-24-17-6-5-16(12-3-4-13-9-22-10-14(13)8-12)18(26(17)25-19)23-15-2-1-7-21-11-15/h3-6,8,15,21-23H,1-2,7,9-11H2,(H2,20,25). The summed E-state index contributed by atoms with van der Waals surface area (Å²) in [7, 11) is 0. The van der Waals surface area contributed by atoms with E-state index in [0.717, 1.165) is 49.6 Å². The van der Waals surface area contributed by atoms with E-state index in [2.05, 4.69) is 50.3 Å². The van der Waals surface area contributed by atoms with Crippen molar-refractivity contribution in [1.29, 1.82) is 0 Å². The summed E-state index contributed by atoms with van der Waals surface area (Å²) in [6.45, 7) is 3.92. The number of nitrogen functional groups attached to an aromatic ring is 1. The van der Waals surface area contributed by atoms with Gasteiger partial charge in [-0.25, -0.2) is 0 Å². The van der Waals surface area contributed by atoms with Crippen LogP contribution < -0.4 is 21.7 Å². The summed E-state index contributed by atoms with van der Waals surface area (Å²) in [6.07, 6.45) is 2.31. The van der Waals surface area contributed by atoms with E-state index in [4.69, 9.17) is 5.73 Å². The average molecular weight is 349 g/mol. The number of pyridine rings is 1. The van der Waals surface area contributed by atoms with E-state index in [-0.39, 0.29) is 0 Å². The number of piperidine rings is 1. The Morgan fingerprint density at radius 2 is 2.04 bits per heavy atom. The topological polar surface area (TPSA) is 92.3 Å². The molecule has 1 atom stereocenters. The lowest BCUT2D eigenvalue weighted by molar-refractivity contribution is 0.478. The summed E-state index contributed by atoms with van der Waals surface area (Å²) >= 11 is 0. The van der Waals surface area contributed by atoms with Crippen LogP contribution in [0.5, 0.6) is 0 Å². The Hall–Kier alpha value is -2.64. The van der Waals surface area contributed by atoms with Gasteiger partial charge in [0.1, 0.15) is 5.82 Å². The van der Waals surface area contributed by atoms with Crippen LogP contribution in [0.1, 0.15) is 24.0 Å². The Labute approximate surface area is 152 Å². The fraction of sp³-hybridized carbons (Fsp3) is 0.368. The van der Waals surface area contributed by atoms with E-state index in [1.165, 1.54) is 23.1 Å². The van der Waals surface area contributed by atoms with Crippen molar-refractivity contribution in [2.45, 2.75) is 32.0 Å². The molecule has 2 aliphatic heterocycles. The molecule has 0 radical (unpaired) electrons. The van der Waals surface area contributed by atoms with Gasteiger partial charge in [-0.2, -0.15) is 9.50 Å². The molecule has 134 valence electrons. The number of aromatic nitrogens is 3. The minimum Gasteiger partial charge on any atom is -0.366 e. The zero-order valence-corrected chi connectivity index (χ0v) is 14.6. The van der Waals surface area contributed by atoms with E-state index < -0.39 is 0 Å². The average Bonchev–Trinajstić information content (AvgIpc) is 3.28. The number of fused-ring (bicyclic) bond motifs is 2. The second kappa shape index (κ2) is 6.26. The Bertz CT molecular complexity index is 956. The Morgan fingerprint density at radius 1 is 1.12 bits per heavy atom. The summed E-state index contributed by atoms with van der Waals surface area (Å²) in [5, 5.41) is 15.0. The quantitative estimate of drug-likeness (QED) is 0.576. The Morgan fingerprint density at radius 3 is 2.92 bits per heavy atom. The normalized spacial score (nSPS) is 19.6. The molecule has 0 spiro atoms. The fourth-order valence-electron chi connectivity index (χ4n) is 3.97. The van der Waals surface area contributed by atoms with Crippen molar-refractivity contribution in [3.63, 3.8) is 0 Å². The van der Waals surface area contributed by atoms with Gasteiger partial charge in [0.2, 0.25) is 5.95 Å². The van der Waals surface area contributed by atoms with Crippen molar-refractivity contribution in [2.24, 2.45) is 0 Å². The van der Waals surface area contributed by atoms with Gasteiger partial charge in [0.05, 0.1) is 0 Å². The molecule has 0 amide bonds. The van der Waals surface area contributed by atoms with Crippen molar-refractivity contribution >= 4 is 17.4 Å². The molecule has 7 nitrogen and oxygen atoms in total. The second-order valence-corrected chi connectivity index (χ2v) is 7.11. The SMILES string of the molecule is Nc1nc2ccc(-c3ccc4c(c3)CNC4)c(NC3CCCNC3)n2n1. The summed E-state index contributed by atoms with van der Waals surface area (Å²) in [5.74, 6) is 1.26. The number of rotatable bonds is 3. The number of hydrogen-bond donors (Lipinski definition) is 4. The molecule has 1 saturated heterocycles. The molecule has 5 rings (SSSR count). The lowest BCUT2D eigenvalue weighted by Gasteiger charge is -2.26. The number of nitrogens with two attached hydrogens (primary N) is 1. The predicted molar refractivity (Wildman–Crippen MR) is 103 cm³/mol. The zero-order valence-electron chi connectivity index (χ0n) is 14.6. The monoisotopic (exact) mass is 349 g/mol. The van der Waals surface area contributed by atoms with Crippen LogP contribution in [0.3, 0.4) is 0 Å². The van der Waals surface area contributed by atoms with Gasteiger partial charge in [-0.3, -0.25) is 0 Å². The summed E-state index contributed by atoms with van der Waals surface area (Å²) < 4.78 is 1.84. The van der Waals surface area contributed by atoms with Gasteiger partial charge in [0, 0.05) is 31.2 Å². The summed E-state index contributed by atoms with van der Waals surface area (Å²) in [5.41, 5.74) is 11.7. The van der Waals surface area contributed by atoms with E-state index in [1.54, 1.807) is 0 Å². The van der Waals surface area contributed by atoms with Crippen LogP contribution in [-0.4, -0.2) is 33.7 Å². The molecular weight excluding hydrogens is 326 g/mol. The molecule has 1 unspecified atom stereocenters. The third-order valence-corrected chi connectivity index (χ3v) is 5.30. The first-order valence-corrected chi connectivity index (χ1v) is 9.23. The highest BCUT2D eigenvalue weighted by atomic mass is 15.4. The maximum Gasteiger partial charge on any atom is 0.240 e. The molecule has 0 saturated carbocycles. The van der Waals surface area contributed by atoms with Crippen molar-refractivity contribution < 1.29 is 0 Å². The molecule has 4 heterocycles. The molecular formula is C19H23N7. The maximum absolute atomic E-state index is 5.86. The van der Waals surface area contributed by atoms with Crippen molar-refractivity contribution in [2.75, 3.05) is 24.1 Å². The van der Waals surface area contributed by atoms with Gasteiger partial charge < -0.3 is 21.7 Å². The van der Waals surface area contributed by atoms with Crippen LogP contribution >= 0.6 is 0 Å². The first-order valence-electron chi connectivity index (χ1n) is 9.23. The minimum atomic E-state index is 0.296. The van der Waals surface area contributed by atoms with Gasteiger partial charge in [-0.15, -0.1) is 5.10 Å². The first-order chi connectivity index (χ1) is 12.8. The number of benzene rings is 1. The predicted octanol–water partition coefficient (Wildman–Crippen LogP) is 1.75. The van der Waals surface area contributed by atoms with Gasteiger partial charge in [-0.1, -0.05) is 12.1 Å². The molecule has 1 aromatic carbocycles. The third-order valence-electron chi connectivity index (χ3n) is 5.30. The molecule has 26 heavy (non-hydrogen) atoms. The molecule has 2 aliphatic rings. The van der Waals surface area contributed by atoms with E-state index in [0.29, 0.717) is 12.0 Å². The molecule has 1 fully saturated rings. The van der Waals surface area contributed by atoms with Crippen LogP contribution in [0.2, 0.25) is 0 Å². The number of hydrogen-bond acceptors (Lipinski definition) is 6. The van der Waals surface area contributed by atoms with Crippen LogP contribution in [0.15, 0.2) is 30.3 Å². The van der Waals surface area contributed by atoms with Gasteiger partial charge in [-0.05, 0) is 54.3 Å².